The first-order chi connectivity index (χ1) is 7.25. The summed E-state index contributed by atoms with van der Waals surface area (Å²) in [5.41, 5.74) is 0. The van der Waals surface area contributed by atoms with Gasteiger partial charge in [-0.15, -0.1) is 0 Å². The summed E-state index contributed by atoms with van der Waals surface area (Å²) in [4.78, 5) is 4.41. The van der Waals surface area contributed by atoms with E-state index in [0.29, 0.717) is 12.0 Å². The molecular weight excluding hydrogens is 210 g/mol. The summed E-state index contributed by atoms with van der Waals surface area (Å²) in [6, 6.07) is 0. The van der Waals surface area contributed by atoms with E-state index in [1.165, 1.54) is 18.0 Å². The van der Waals surface area contributed by atoms with Crippen LogP contribution >= 0.6 is 11.5 Å². The van der Waals surface area contributed by atoms with Crippen LogP contribution in [0.1, 0.15) is 38.4 Å². The number of ether oxygens (including phenoxy) is 1. The Morgan fingerprint density at radius 3 is 3.07 bits per heavy atom. The average Bonchev–Trinajstić information content (AvgIpc) is 2.86. The van der Waals surface area contributed by atoms with Crippen molar-refractivity contribution in [2.75, 3.05) is 18.5 Å². The molecule has 0 spiro atoms. The topological polar surface area (TPSA) is 47.0 Å². The van der Waals surface area contributed by atoms with Crippen molar-refractivity contribution in [2.24, 2.45) is 0 Å². The third-order valence-electron chi connectivity index (χ3n) is 2.46. The van der Waals surface area contributed by atoms with E-state index >= 15 is 0 Å². The molecule has 0 saturated carbocycles. The van der Waals surface area contributed by atoms with Gasteiger partial charge in [-0.1, -0.05) is 13.8 Å². The van der Waals surface area contributed by atoms with Crippen molar-refractivity contribution in [3.63, 3.8) is 0 Å². The summed E-state index contributed by atoms with van der Waals surface area (Å²) in [7, 11) is 0. The molecule has 1 aliphatic rings. The molecule has 1 aromatic heterocycles. The zero-order valence-corrected chi connectivity index (χ0v) is 10.0. The number of hydrogen-bond donors (Lipinski definition) is 1. The molecule has 0 radical (unpaired) electrons. The van der Waals surface area contributed by atoms with E-state index in [-0.39, 0.29) is 0 Å². The van der Waals surface area contributed by atoms with E-state index in [1.54, 1.807) is 0 Å². The normalized spacial score (nSPS) is 21.1. The van der Waals surface area contributed by atoms with Gasteiger partial charge in [-0.2, -0.15) is 4.37 Å². The Balaban J connectivity index is 1.82. The largest absolute Gasteiger partial charge is 0.376 e. The molecule has 1 aliphatic heterocycles. The maximum atomic E-state index is 5.52. The summed E-state index contributed by atoms with van der Waals surface area (Å²) in [6.45, 7) is 5.96. The van der Waals surface area contributed by atoms with Crippen LogP contribution in [-0.2, 0) is 4.74 Å². The summed E-state index contributed by atoms with van der Waals surface area (Å²) < 4.78 is 9.81. The second-order valence-electron chi connectivity index (χ2n) is 4.13. The molecule has 2 rings (SSSR count). The molecule has 1 N–H and O–H groups in total. The third-order valence-corrected chi connectivity index (χ3v) is 3.15. The summed E-state index contributed by atoms with van der Waals surface area (Å²) in [5.74, 6) is 1.33. The van der Waals surface area contributed by atoms with Crippen molar-refractivity contribution in [1.82, 2.24) is 9.36 Å². The standard InChI is InChI=1S/C10H17N3OS/c1-7(2)9-12-10(15-13-9)11-6-8-4-3-5-14-8/h7-8H,3-6H2,1-2H3,(H,11,12,13)/t8-/m0/s1. The highest BCUT2D eigenvalue weighted by molar-refractivity contribution is 7.09. The first kappa shape index (κ1) is 10.8. The molecule has 84 valence electrons. The van der Waals surface area contributed by atoms with Gasteiger partial charge in [0.2, 0.25) is 5.13 Å². The Labute approximate surface area is 94.2 Å². The molecular formula is C10H17N3OS. The molecule has 15 heavy (non-hydrogen) atoms. The van der Waals surface area contributed by atoms with Crippen LogP contribution in [0.3, 0.4) is 0 Å². The van der Waals surface area contributed by atoms with Crippen molar-refractivity contribution in [1.29, 1.82) is 0 Å². The third kappa shape index (κ3) is 2.89. The van der Waals surface area contributed by atoms with E-state index in [1.807, 2.05) is 0 Å². The lowest BCUT2D eigenvalue weighted by Crippen LogP contribution is -2.18. The lowest BCUT2D eigenvalue weighted by molar-refractivity contribution is 0.120. The van der Waals surface area contributed by atoms with Gasteiger partial charge in [-0.3, -0.25) is 0 Å². The van der Waals surface area contributed by atoms with Crippen LogP contribution in [0.4, 0.5) is 5.13 Å². The monoisotopic (exact) mass is 227 g/mol. The maximum Gasteiger partial charge on any atom is 0.202 e. The van der Waals surface area contributed by atoms with Crippen molar-refractivity contribution in [2.45, 2.75) is 38.7 Å². The number of nitrogens with zero attached hydrogens (tertiary/aromatic N) is 2. The van der Waals surface area contributed by atoms with Crippen molar-refractivity contribution >= 4 is 16.7 Å². The van der Waals surface area contributed by atoms with Crippen LogP contribution in [0.2, 0.25) is 0 Å². The first-order valence-electron chi connectivity index (χ1n) is 5.45. The fourth-order valence-corrected chi connectivity index (χ4v) is 2.26. The fourth-order valence-electron chi connectivity index (χ4n) is 1.55. The van der Waals surface area contributed by atoms with E-state index in [0.717, 1.165) is 30.5 Å². The summed E-state index contributed by atoms with van der Waals surface area (Å²) in [6.07, 6.45) is 2.69. The maximum absolute atomic E-state index is 5.52. The predicted molar refractivity (Wildman–Crippen MR) is 61.5 cm³/mol. The van der Waals surface area contributed by atoms with Gasteiger partial charge in [0.15, 0.2) is 0 Å². The van der Waals surface area contributed by atoms with E-state index in [4.69, 9.17) is 4.74 Å². The highest BCUT2D eigenvalue weighted by Gasteiger charge is 2.15. The number of rotatable bonds is 4. The van der Waals surface area contributed by atoms with Crippen LogP contribution in [0.15, 0.2) is 0 Å². The molecule has 0 bridgehead atoms. The van der Waals surface area contributed by atoms with Crippen LogP contribution in [-0.4, -0.2) is 28.6 Å². The van der Waals surface area contributed by atoms with Gasteiger partial charge in [-0.25, -0.2) is 4.98 Å². The highest BCUT2D eigenvalue weighted by Crippen LogP contribution is 2.18. The SMILES string of the molecule is CC(C)c1nsc(NC[C@@H]2CCCO2)n1. The summed E-state index contributed by atoms with van der Waals surface area (Å²) >= 11 is 1.43. The average molecular weight is 227 g/mol. The number of hydrogen-bond acceptors (Lipinski definition) is 5. The van der Waals surface area contributed by atoms with Gasteiger partial charge >= 0.3 is 0 Å². The van der Waals surface area contributed by atoms with Crippen molar-refractivity contribution in [3.05, 3.63) is 5.82 Å². The Morgan fingerprint density at radius 2 is 2.47 bits per heavy atom. The van der Waals surface area contributed by atoms with Gasteiger partial charge in [0.25, 0.3) is 0 Å². The minimum atomic E-state index is 0.358. The summed E-state index contributed by atoms with van der Waals surface area (Å²) in [5, 5.41) is 4.19. The molecule has 1 fully saturated rings. The fraction of sp³-hybridized carbons (Fsp3) is 0.800. The van der Waals surface area contributed by atoms with Crippen LogP contribution < -0.4 is 5.32 Å². The van der Waals surface area contributed by atoms with Crippen LogP contribution in [0, 0.1) is 0 Å². The van der Waals surface area contributed by atoms with Crippen molar-refractivity contribution in [3.8, 4) is 0 Å². The van der Waals surface area contributed by atoms with E-state index in [2.05, 4.69) is 28.5 Å². The second-order valence-corrected chi connectivity index (χ2v) is 4.88. The minimum Gasteiger partial charge on any atom is -0.376 e. The minimum absolute atomic E-state index is 0.358. The Hall–Kier alpha value is -0.680. The molecule has 1 saturated heterocycles. The van der Waals surface area contributed by atoms with E-state index in [9.17, 15) is 0 Å². The van der Waals surface area contributed by atoms with Crippen molar-refractivity contribution < 1.29 is 4.74 Å². The molecule has 1 aromatic rings. The molecule has 2 heterocycles. The Bertz CT molecular complexity index is 307. The molecule has 5 heteroatoms. The number of aromatic nitrogens is 2. The molecule has 4 nitrogen and oxygen atoms in total. The van der Waals surface area contributed by atoms with Gasteiger partial charge in [-0.05, 0) is 12.8 Å². The Morgan fingerprint density at radius 1 is 1.60 bits per heavy atom. The van der Waals surface area contributed by atoms with Gasteiger partial charge in [0.05, 0.1) is 6.10 Å². The number of anilines is 1. The zero-order valence-electron chi connectivity index (χ0n) is 9.19. The molecule has 0 aromatic carbocycles. The highest BCUT2D eigenvalue weighted by atomic mass is 32.1. The molecule has 1 atom stereocenters. The molecule has 0 aliphatic carbocycles. The quantitative estimate of drug-likeness (QED) is 0.857. The van der Waals surface area contributed by atoms with Gasteiger partial charge in [0, 0.05) is 30.6 Å². The lowest BCUT2D eigenvalue weighted by atomic mass is 10.2. The molecule has 0 unspecified atom stereocenters. The van der Waals surface area contributed by atoms with Gasteiger partial charge in [0.1, 0.15) is 5.82 Å². The smallest absolute Gasteiger partial charge is 0.202 e. The zero-order chi connectivity index (χ0) is 10.7. The first-order valence-corrected chi connectivity index (χ1v) is 6.22. The number of nitrogens with one attached hydrogen (secondary N) is 1. The van der Waals surface area contributed by atoms with Gasteiger partial charge < -0.3 is 10.1 Å². The predicted octanol–water partition coefficient (Wildman–Crippen LogP) is 2.25. The van der Waals surface area contributed by atoms with E-state index < -0.39 is 0 Å². The van der Waals surface area contributed by atoms with Crippen LogP contribution in [0.5, 0.6) is 0 Å². The molecule has 0 amide bonds. The Kier molecular flexibility index (Phi) is 3.53. The second kappa shape index (κ2) is 4.90. The lowest BCUT2D eigenvalue weighted by Gasteiger charge is -2.08. The van der Waals surface area contributed by atoms with Crippen LogP contribution in [0.25, 0.3) is 0 Å².